The van der Waals surface area contributed by atoms with E-state index in [1.807, 2.05) is 30.3 Å². The molecular formula is C37H50N2O4. The van der Waals surface area contributed by atoms with Crippen molar-refractivity contribution < 1.29 is 19.1 Å². The van der Waals surface area contributed by atoms with E-state index in [2.05, 4.69) is 17.5 Å². The van der Waals surface area contributed by atoms with Crippen molar-refractivity contribution in [2.45, 2.75) is 110 Å². The van der Waals surface area contributed by atoms with Crippen LogP contribution in [0.15, 0.2) is 65.8 Å². The quantitative estimate of drug-likeness (QED) is 0.0443. The second-order valence-electron chi connectivity index (χ2n) is 11.3. The van der Waals surface area contributed by atoms with Crippen LogP contribution in [-0.2, 0) is 4.79 Å². The van der Waals surface area contributed by atoms with E-state index >= 15 is 0 Å². The average molecular weight is 587 g/mol. The van der Waals surface area contributed by atoms with Crippen LogP contribution in [0.1, 0.15) is 126 Å². The van der Waals surface area contributed by atoms with E-state index < -0.39 is 5.97 Å². The van der Waals surface area contributed by atoms with Gasteiger partial charge < -0.3 is 9.47 Å². The van der Waals surface area contributed by atoms with Crippen molar-refractivity contribution in [2.24, 2.45) is 5.10 Å². The number of carbonyl (C=O) groups is 2. The van der Waals surface area contributed by atoms with E-state index in [1.165, 1.54) is 83.5 Å². The van der Waals surface area contributed by atoms with Crippen LogP contribution in [0.3, 0.4) is 0 Å². The van der Waals surface area contributed by atoms with E-state index in [4.69, 9.17) is 9.47 Å². The number of ether oxygens (including phenoxy) is 2. The third kappa shape index (κ3) is 12.6. The lowest BCUT2D eigenvalue weighted by atomic mass is 10.0. The van der Waals surface area contributed by atoms with Gasteiger partial charge in [-0.15, -0.1) is 0 Å². The normalized spacial score (nSPS) is 11.2. The standard InChI is InChI=1S/C37H50N2O4/c1-3-4-5-6-7-8-9-10-11-12-13-14-15-16-17-22-36(40)39-38-29-34-33-21-19-18-20-30(33)25-28-35(34)43-37(41)31-23-26-32(42-2)27-24-31/h18-21,23-29H,3-17,22H2,1-2H3,(H,39,40). The zero-order chi connectivity index (χ0) is 30.5. The number of nitrogens with zero attached hydrogens (tertiary/aromatic N) is 1. The molecule has 0 spiro atoms. The number of nitrogens with one attached hydrogen (secondary N) is 1. The van der Waals surface area contributed by atoms with Gasteiger partial charge >= 0.3 is 5.97 Å². The minimum Gasteiger partial charge on any atom is -0.497 e. The Kier molecular flexibility index (Phi) is 15.9. The number of rotatable bonds is 21. The van der Waals surface area contributed by atoms with E-state index in [0.717, 1.165) is 23.6 Å². The molecule has 43 heavy (non-hydrogen) atoms. The first-order valence-corrected chi connectivity index (χ1v) is 16.3. The molecular weight excluding hydrogens is 536 g/mol. The van der Waals surface area contributed by atoms with Crippen molar-refractivity contribution in [1.29, 1.82) is 0 Å². The number of amides is 1. The van der Waals surface area contributed by atoms with Crippen molar-refractivity contribution in [2.75, 3.05) is 7.11 Å². The minimum atomic E-state index is -0.482. The number of hydrogen-bond acceptors (Lipinski definition) is 5. The maximum absolute atomic E-state index is 12.8. The van der Waals surface area contributed by atoms with Crippen molar-refractivity contribution >= 4 is 28.9 Å². The molecule has 0 saturated heterocycles. The van der Waals surface area contributed by atoms with Crippen LogP contribution in [0.4, 0.5) is 0 Å². The highest BCUT2D eigenvalue weighted by molar-refractivity contribution is 6.04. The molecule has 1 amide bonds. The van der Waals surface area contributed by atoms with Gasteiger partial charge in [0, 0.05) is 12.0 Å². The average Bonchev–Trinajstić information content (AvgIpc) is 3.03. The summed E-state index contributed by atoms with van der Waals surface area (Å²) in [5, 5.41) is 6.07. The Hall–Kier alpha value is -3.67. The summed E-state index contributed by atoms with van der Waals surface area (Å²) in [5.74, 6) is 0.447. The lowest BCUT2D eigenvalue weighted by Gasteiger charge is -2.11. The summed E-state index contributed by atoms with van der Waals surface area (Å²) >= 11 is 0. The van der Waals surface area contributed by atoms with Crippen LogP contribution in [0, 0.1) is 0 Å². The van der Waals surface area contributed by atoms with Gasteiger partial charge in [-0.3, -0.25) is 4.79 Å². The summed E-state index contributed by atoms with van der Waals surface area (Å²) in [5.41, 5.74) is 3.69. The summed E-state index contributed by atoms with van der Waals surface area (Å²) in [6.07, 6.45) is 21.4. The molecule has 3 rings (SSSR count). The number of hydrazone groups is 1. The fourth-order valence-corrected chi connectivity index (χ4v) is 5.27. The second kappa shape index (κ2) is 20.3. The van der Waals surface area contributed by atoms with Crippen LogP contribution >= 0.6 is 0 Å². The van der Waals surface area contributed by atoms with Crippen molar-refractivity contribution in [3.05, 3.63) is 71.8 Å². The van der Waals surface area contributed by atoms with Crippen LogP contribution in [0.2, 0.25) is 0 Å². The second-order valence-corrected chi connectivity index (χ2v) is 11.3. The highest BCUT2D eigenvalue weighted by Gasteiger charge is 2.14. The fraction of sp³-hybridized carbons (Fsp3) is 0.486. The third-order valence-corrected chi connectivity index (χ3v) is 7.85. The molecule has 0 aliphatic rings. The van der Waals surface area contributed by atoms with Crippen LogP contribution in [0.5, 0.6) is 11.5 Å². The molecule has 0 aromatic heterocycles. The Morgan fingerprint density at radius 1 is 0.721 bits per heavy atom. The Bertz CT molecular complexity index is 1270. The highest BCUT2D eigenvalue weighted by atomic mass is 16.5. The van der Waals surface area contributed by atoms with Crippen LogP contribution < -0.4 is 14.9 Å². The molecule has 3 aromatic carbocycles. The Morgan fingerprint density at radius 2 is 1.30 bits per heavy atom. The number of carbonyl (C=O) groups excluding carboxylic acids is 2. The Labute approximate surface area is 258 Å². The minimum absolute atomic E-state index is 0.108. The molecule has 6 nitrogen and oxygen atoms in total. The van der Waals surface area contributed by atoms with Gasteiger partial charge in [-0.05, 0) is 47.5 Å². The third-order valence-electron chi connectivity index (χ3n) is 7.85. The first-order valence-electron chi connectivity index (χ1n) is 16.3. The molecule has 0 heterocycles. The van der Waals surface area contributed by atoms with E-state index in [9.17, 15) is 9.59 Å². The van der Waals surface area contributed by atoms with Gasteiger partial charge in [-0.2, -0.15) is 5.10 Å². The van der Waals surface area contributed by atoms with Gasteiger partial charge in [0.25, 0.3) is 0 Å². The van der Waals surface area contributed by atoms with Gasteiger partial charge in [0.2, 0.25) is 5.91 Å². The summed E-state index contributed by atoms with van der Waals surface area (Å²) in [4.78, 5) is 25.2. The molecule has 0 bridgehead atoms. The number of fused-ring (bicyclic) bond motifs is 1. The maximum Gasteiger partial charge on any atom is 0.343 e. The van der Waals surface area contributed by atoms with Gasteiger partial charge in [0.05, 0.1) is 18.9 Å². The predicted octanol–water partition coefficient (Wildman–Crippen LogP) is 9.78. The Morgan fingerprint density at radius 3 is 1.91 bits per heavy atom. The smallest absolute Gasteiger partial charge is 0.343 e. The van der Waals surface area contributed by atoms with Crippen molar-refractivity contribution in [3.8, 4) is 11.5 Å². The topological polar surface area (TPSA) is 77.0 Å². The summed E-state index contributed by atoms with van der Waals surface area (Å²) in [6.45, 7) is 2.27. The highest BCUT2D eigenvalue weighted by Crippen LogP contribution is 2.28. The van der Waals surface area contributed by atoms with Crippen molar-refractivity contribution in [1.82, 2.24) is 5.43 Å². The van der Waals surface area contributed by atoms with Gasteiger partial charge in [-0.25, -0.2) is 10.2 Å². The molecule has 0 atom stereocenters. The monoisotopic (exact) mass is 586 g/mol. The molecule has 232 valence electrons. The molecule has 0 aliphatic heterocycles. The Balaban J connectivity index is 1.36. The molecule has 1 N–H and O–H groups in total. The number of unbranched alkanes of at least 4 members (excludes halogenated alkanes) is 14. The summed E-state index contributed by atoms with van der Waals surface area (Å²) < 4.78 is 10.9. The molecule has 6 heteroatoms. The van der Waals surface area contributed by atoms with Gasteiger partial charge in [0.15, 0.2) is 0 Å². The number of hydrogen-bond donors (Lipinski definition) is 1. The first-order chi connectivity index (χ1) is 21.1. The number of esters is 1. The molecule has 0 aliphatic carbocycles. The lowest BCUT2D eigenvalue weighted by molar-refractivity contribution is -0.121. The lowest BCUT2D eigenvalue weighted by Crippen LogP contribution is -2.17. The van der Waals surface area contributed by atoms with E-state index in [1.54, 1.807) is 43.7 Å². The molecule has 0 radical (unpaired) electrons. The SMILES string of the molecule is CCCCCCCCCCCCCCCCCC(=O)NN=Cc1c(OC(=O)c2ccc(OC)cc2)ccc2ccccc12. The van der Waals surface area contributed by atoms with E-state index in [-0.39, 0.29) is 5.91 Å². The molecule has 0 saturated carbocycles. The zero-order valence-electron chi connectivity index (χ0n) is 26.2. The van der Waals surface area contributed by atoms with Crippen molar-refractivity contribution in [3.63, 3.8) is 0 Å². The van der Waals surface area contributed by atoms with Crippen LogP contribution in [-0.4, -0.2) is 25.2 Å². The largest absolute Gasteiger partial charge is 0.497 e. The maximum atomic E-state index is 12.8. The summed E-state index contributed by atoms with van der Waals surface area (Å²) in [7, 11) is 1.58. The molecule has 0 fully saturated rings. The van der Waals surface area contributed by atoms with Gasteiger partial charge in [0.1, 0.15) is 11.5 Å². The van der Waals surface area contributed by atoms with E-state index in [0.29, 0.717) is 29.0 Å². The number of benzene rings is 3. The fourth-order valence-electron chi connectivity index (χ4n) is 5.27. The predicted molar refractivity (Wildman–Crippen MR) is 177 cm³/mol. The summed E-state index contributed by atoms with van der Waals surface area (Å²) in [6, 6.07) is 18.2. The number of methoxy groups -OCH3 is 1. The molecule has 0 unspecified atom stereocenters. The van der Waals surface area contributed by atoms with Crippen LogP contribution in [0.25, 0.3) is 10.8 Å². The zero-order valence-corrected chi connectivity index (χ0v) is 26.2. The molecule has 3 aromatic rings. The first kappa shape index (κ1) is 33.8. The van der Waals surface area contributed by atoms with Gasteiger partial charge in [-0.1, -0.05) is 127 Å².